The maximum atomic E-state index is 4.64. The maximum absolute atomic E-state index is 4.64. The Morgan fingerprint density at radius 2 is 1.87 bits per heavy atom. The normalized spacial score (nSPS) is 34.7. The summed E-state index contributed by atoms with van der Waals surface area (Å²) in [7, 11) is 1.94. The van der Waals surface area contributed by atoms with Crippen LogP contribution in [0.5, 0.6) is 0 Å². The average molecular weight is 405 g/mol. The average Bonchev–Trinajstić information content (AvgIpc) is 3.51. The molecule has 0 spiro atoms. The smallest absolute Gasteiger partial charge is 0.144 e. The Kier molecular flexibility index (Phi) is 4.44. The fourth-order valence-electron chi connectivity index (χ4n) is 6.70. The van der Waals surface area contributed by atoms with E-state index in [1.165, 1.54) is 45.3 Å². The molecule has 4 aliphatic rings. The van der Waals surface area contributed by atoms with Crippen molar-refractivity contribution < 1.29 is 0 Å². The van der Waals surface area contributed by atoms with Crippen molar-refractivity contribution in [3.63, 3.8) is 0 Å². The van der Waals surface area contributed by atoms with Gasteiger partial charge in [0.2, 0.25) is 0 Å². The van der Waals surface area contributed by atoms with Crippen molar-refractivity contribution in [2.45, 2.75) is 38.6 Å². The summed E-state index contributed by atoms with van der Waals surface area (Å²) in [6.07, 6.45) is 16.1. The van der Waals surface area contributed by atoms with Gasteiger partial charge in [0, 0.05) is 44.5 Å². The van der Waals surface area contributed by atoms with Crippen LogP contribution in [0.25, 0.3) is 11.3 Å². The summed E-state index contributed by atoms with van der Waals surface area (Å²) in [5, 5.41) is 8.06. The number of rotatable bonds is 5. The number of hydrogen-bond acceptors (Lipinski definition) is 5. The van der Waals surface area contributed by atoms with Crippen LogP contribution >= 0.6 is 0 Å². The lowest BCUT2D eigenvalue weighted by Gasteiger charge is -2.26. The SMILES string of the molecule is Cc1nn(C)cc1-c1cnc(N[C@@H]2C[C@@H]3CN(CC4CC5C=CC4C5)C[C@@H]3C2)cn1. The van der Waals surface area contributed by atoms with E-state index in [1.807, 2.05) is 37.2 Å². The Morgan fingerprint density at radius 3 is 2.47 bits per heavy atom. The molecule has 0 aromatic carbocycles. The molecule has 1 saturated heterocycles. The topological polar surface area (TPSA) is 58.9 Å². The van der Waals surface area contributed by atoms with Crippen LogP contribution in [0.2, 0.25) is 0 Å². The molecule has 2 saturated carbocycles. The fraction of sp³-hybridized carbons (Fsp3) is 0.625. The van der Waals surface area contributed by atoms with Gasteiger partial charge in [0.25, 0.3) is 0 Å². The third-order valence-electron chi connectivity index (χ3n) is 8.03. The fourth-order valence-corrected chi connectivity index (χ4v) is 6.70. The van der Waals surface area contributed by atoms with Gasteiger partial charge in [-0.3, -0.25) is 9.67 Å². The molecule has 3 fully saturated rings. The minimum atomic E-state index is 0.535. The summed E-state index contributed by atoms with van der Waals surface area (Å²) in [5.41, 5.74) is 2.93. The minimum absolute atomic E-state index is 0.535. The van der Waals surface area contributed by atoms with Crippen LogP contribution in [0.4, 0.5) is 5.82 Å². The first-order valence-electron chi connectivity index (χ1n) is 11.6. The highest BCUT2D eigenvalue weighted by atomic mass is 15.3. The van der Waals surface area contributed by atoms with Crippen molar-refractivity contribution in [3.8, 4) is 11.3 Å². The van der Waals surface area contributed by atoms with E-state index in [4.69, 9.17) is 0 Å². The van der Waals surface area contributed by atoms with Crippen molar-refractivity contribution in [1.29, 1.82) is 0 Å². The van der Waals surface area contributed by atoms with E-state index in [-0.39, 0.29) is 0 Å². The van der Waals surface area contributed by atoms with Crippen LogP contribution in [-0.2, 0) is 7.05 Å². The number of nitrogens with zero attached hydrogens (tertiary/aromatic N) is 5. The number of allylic oxidation sites excluding steroid dienone is 2. The molecular formula is C24H32N6. The van der Waals surface area contributed by atoms with Crippen molar-refractivity contribution >= 4 is 5.82 Å². The lowest BCUT2D eigenvalue weighted by molar-refractivity contribution is 0.238. The second-order valence-electron chi connectivity index (χ2n) is 10.2. The lowest BCUT2D eigenvalue weighted by atomic mass is 9.93. The molecule has 1 N–H and O–H groups in total. The number of aromatic nitrogens is 4. The highest BCUT2D eigenvalue weighted by molar-refractivity contribution is 5.60. The summed E-state index contributed by atoms with van der Waals surface area (Å²) in [5.74, 6) is 5.29. The van der Waals surface area contributed by atoms with E-state index >= 15 is 0 Å². The van der Waals surface area contributed by atoms with Gasteiger partial charge in [-0.15, -0.1) is 0 Å². The molecule has 3 heterocycles. The Hall–Kier alpha value is -2.21. The van der Waals surface area contributed by atoms with Gasteiger partial charge in [0.05, 0.1) is 23.8 Å². The largest absolute Gasteiger partial charge is 0.366 e. The predicted octanol–water partition coefficient (Wildman–Crippen LogP) is 3.52. The van der Waals surface area contributed by atoms with Crippen LogP contribution in [0.1, 0.15) is 31.4 Å². The Labute approximate surface area is 178 Å². The summed E-state index contributed by atoms with van der Waals surface area (Å²) < 4.78 is 1.83. The molecule has 3 unspecified atom stereocenters. The molecule has 1 aliphatic heterocycles. The molecule has 2 bridgehead atoms. The van der Waals surface area contributed by atoms with Gasteiger partial charge in [-0.2, -0.15) is 5.10 Å². The Bertz CT molecular complexity index is 933. The van der Waals surface area contributed by atoms with E-state index in [1.54, 1.807) is 0 Å². The van der Waals surface area contributed by atoms with Crippen molar-refractivity contribution in [2.24, 2.45) is 36.6 Å². The summed E-state index contributed by atoms with van der Waals surface area (Å²) in [6, 6.07) is 0.535. The summed E-state index contributed by atoms with van der Waals surface area (Å²) in [6.45, 7) is 5.94. The summed E-state index contributed by atoms with van der Waals surface area (Å²) in [4.78, 5) is 12.0. The maximum Gasteiger partial charge on any atom is 0.144 e. The second kappa shape index (κ2) is 7.19. The first-order valence-corrected chi connectivity index (χ1v) is 11.6. The van der Waals surface area contributed by atoms with Gasteiger partial charge in [-0.05, 0) is 62.2 Å². The standard InChI is InChI=1S/C24H32N6/c1-15-22(14-29(2)28-15)23-9-26-24(10-25-23)27-21-7-19-12-30(13-20(19)8-21)11-18-6-16-3-4-17(18)5-16/h3-4,9-10,14,16-21H,5-8,11-13H2,1-2H3,(H,26,27)/t16?,17?,18?,19-,20+,21-. The number of likely N-dealkylation sites (tertiary alicyclic amines) is 1. The first-order chi connectivity index (χ1) is 14.6. The quantitative estimate of drug-likeness (QED) is 0.773. The van der Waals surface area contributed by atoms with E-state index in [0.29, 0.717) is 6.04 Å². The van der Waals surface area contributed by atoms with Gasteiger partial charge >= 0.3 is 0 Å². The zero-order chi connectivity index (χ0) is 20.2. The molecule has 6 heteroatoms. The first kappa shape index (κ1) is 18.6. The highest BCUT2D eigenvalue weighted by Gasteiger charge is 2.43. The number of fused-ring (bicyclic) bond motifs is 3. The molecule has 30 heavy (non-hydrogen) atoms. The molecular weight excluding hydrogens is 372 g/mol. The molecule has 2 aromatic rings. The Morgan fingerprint density at radius 1 is 1.03 bits per heavy atom. The molecule has 2 aromatic heterocycles. The molecule has 3 aliphatic carbocycles. The predicted molar refractivity (Wildman–Crippen MR) is 118 cm³/mol. The van der Waals surface area contributed by atoms with Crippen LogP contribution in [0.15, 0.2) is 30.7 Å². The molecule has 6 atom stereocenters. The number of aryl methyl sites for hydroxylation is 2. The Balaban J connectivity index is 1.02. The van der Waals surface area contributed by atoms with Gasteiger partial charge in [-0.25, -0.2) is 4.98 Å². The molecule has 6 rings (SSSR count). The molecule has 158 valence electrons. The van der Waals surface area contributed by atoms with E-state index < -0.39 is 0 Å². The van der Waals surface area contributed by atoms with Crippen LogP contribution in [0, 0.1) is 36.5 Å². The number of nitrogens with one attached hydrogen (secondary N) is 1. The minimum Gasteiger partial charge on any atom is -0.366 e. The zero-order valence-electron chi connectivity index (χ0n) is 18.0. The van der Waals surface area contributed by atoms with Gasteiger partial charge in [0.1, 0.15) is 5.82 Å². The van der Waals surface area contributed by atoms with Crippen LogP contribution in [-0.4, -0.2) is 50.3 Å². The second-order valence-corrected chi connectivity index (χ2v) is 10.2. The van der Waals surface area contributed by atoms with Gasteiger partial charge in [-0.1, -0.05) is 12.2 Å². The summed E-state index contributed by atoms with van der Waals surface area (Å²) >= 11 is 0. The number of hydrogen-bond donors (Lipinski definition) is 1. The number of anilines is 1. The van der Waals surface area contributed by atoms with E-state index in [0.717, 1.165) is 52.4 Å². The van der Waals surface area contributed by atoms with E-state index in [2.05, 4.69) is 37.4 Å². The monoisotopic (exact) mass is 404 g/mol. The van der Waals surface area contributed by atoms with E-state index in [9.17, 15) is 0 Å². The third-order valence-corrected chi connectivity index (χ3v) is 8.03. The van der Waals surface area contributed by atoms with Crippen molar-refractivity contribution in [1.82, 2.24) is 24.6 Å². The highest BCUT2D eigenvalue weighted by Crippen LogP contribution is 2.45. The molecule has 0 amide bonds. The van der Waals surface area contributed by atoms with Crippen LogP contribution < -0.4 is 5.32 Å². The third kappa shape index (κ3) is 3.35. The lowest BCUT2D eigenvalue weighted by Crippen LogP contribution is -2.31. The molecule has 6 nitrogen and oxygen atoms in total. The van der Waals surface area contributed by atoms with Crippen molar-refractivity contribution in [2.75, 3.05) is 25.0 Å². The zero-order valence-corrected chi connectivity index (χ0v) is 18.0. The van der Waals surface area contributed by atoms with Gasteiger partial charge < -0.3 is 10.2 Å². The van der Waals surface area contributed by atoms with Gasteiger partial charge in [0.15, 0.2) is 0 Å². The van der Waals surface area contributed by atoms with Crippen LogP contribution in [0.3, 0.4) is 0 Å². The molecule has 0 radical (unpaired) electrons. The van der Waals surface area contributed by atoms with Crippen molar-refractivity contribution in [3.05, 3.63) is 36.4 Å².